The van der Waals surface area contributed by atoms with Gasteiger partial charge in [-0.05, 0) is 6.92 Å². The van der Waals surface area contributed by atoms with Gasteiger partial charge in [-0.1, -0.05) is 0 Å². The lowest BCUT2D eigenvalue weighted by atomic mass is 10.4. The summed E-state index contributed by atoms with van der Waals surface area (Å²) in [5, 5.41) is 8.48. The Balaban J connectivity index is 2.78. The zero-order chi connectivity index (χ0) is 8.97. The second-order valence-corrected chi connectivity index (χ2v) is 1.99. The maximum absolute atomic E-state index is 10.3. The van der Waals surface area contributed by atoms with Gasteiger partial charge in [0.25, 0.3) is 0 Å². The molecule has 1 rings (SSSR count). The van der Waals surface area contributed by atoms with Crippen LogP contribution in [0.4, 0.5) is 0 Å². The molecule has 0 saturated heterocycles. The van der Waals surface area contributed by atoms with E-state index in [-0.39, 0.29) is 11.6 Å². The molecule has 5 heteroatoms. The van der Waals surface area contributed by atoms with E-state index in [1.165, 1.54) is 12.4 Å². The molecule has 0 unspecified atom stereocenters. The minimum atomic E-state index is -1.04. The van der Waals surface area contributed by atoms with Gasteiger partial charge in [0.2, 0.25) is 0 Å². The highest BCUT2D eigenvalue weighted by molar-refractivity contribution is 5.86. The lowest BCUT2D eigenvalue weighted by Crippen LogP contribution is -2.01. The fourth-order valence-electron chi connectivity index (χ4n) is 0.630. The Morgan fingerprint density at radius 2 is 2.17 bits per heavy atom. The third kappa shape index (κ3) is 1.91. The number of hydrogen-bond acceptors (Lipinski definition) is 4. The predicted octanol–water partition coefficient (Wildman–Crippen LogP) is 0.573. The van der Waals surface area contributed by atoms with Crippen LogP contribution >= 0.6 is 0 Å². The van der Waals surface area contributed by atoms with E-state index in [4.69, 9.17) is 9.84 Å². The first-order chi connectivity index (χ1) is 5.74. The van der Waals surface area contributed by atoms with E-state index in [9.17, 15) is 4.79 Å². The number of ether oxygens (including phenoxy) is 1. The first kappa shape index (κ1) is 8.45. The molecule has 0 radical (unpaired) electrons. The van der Waals surface area contributed by atoms with Crippen LogP contribution in [0.15, 0.2) is 12.4 Å². The molecule has 12 heavy (non-hydrogen) atoms. The summed E-state index contributed by atoms with van der Waals surface area (Å²) in [5.74, 6) is -1.04. The third-order valence-electron chi connectivity index (χ3n) is 1.15. The Morgan fingerprint density at radius 3 is 2.58 bits per heavy atom. The summed E-state index contributed by atoms with van der Waals surface area (Å²) in [6.07, 6.45) is 2.42. The smallest absolute Gasteiger partial charge is 0.338 e. The first-order valence-corrected chi connectivity index (χ1v) is 3.42. The van der Waals surface area contributed by atoms with Crippen molar-refractivity contribution in [1.29, 1.82) is 0 Å². The molecular weight excluding hydrogens is 160 g/mol. The maximum atomic E-state index is 10.3. The Labute approximate surface area is 69.0 Å². The van der Waals surface area contributed by atoms with Crippen LogP contribution in [-0.4, -0.2) is 27.7 Å². The largest absolute Gasteiger partial charge is 0.478 e. The van der Waals surface area contributed by atoms with Crippen molar-refractivity contribution in [3.05, 3.63) is 18.0 Å². The zero-order valence-corrected chi connectivity index (χ0v) is 6.52. The monoisotopic (exact) mass is 168 g/mol. The molecule has 0 bridgehead atoms. The number of aromatic carboxylic acids is 1. The molecule has 1 N–H and O–H groups in total. The molecule has 0 spiro atoms. The topological polar surface area (TPSA) is 72.3 Å². The molecule has 0 aliphatic heterocycles. The van der Waals surface area contributed by atoms with E-state index in [0.717, 1.165) is 0 Å². The van der Waals surface area contributed by atoms with Crippen molar-refractivity contribution in [2.24, 2.45) is 0 Å². The molecule has 1 heterocycles. The molecule has 0 atom stereocenters. The highest BCUT2D eigenvalue weighted by atomic mass is 16.5. The lowest BCUT2D eigenvalue weighted by Gasteiger charge is -1.98. The van der Waals surface area contributed by atoms with Gasteiger partial charge in [-0.15, -0.1) is 0 Å². The SMILES string of the molecule is CCOc1ncc(C(=O)O)cn1. The normalized spacial score (nSPS) is 9.42. The maximum Gasteiger partial charge on any atom is 0.338 e. The van der Waals surface area contributed by atoms with Crippen molar-refractivity contribution in [1.82, 2.24) is 9.97 Å². The number of carboxylic acid groups (broad SMARTS) is 1. The summed E-state index contributed by atoms with van der Waals surface area (Å²) >= 11 is 0. The summed E-state index contributed by atoms with van der Waals surface area (Å²) < 4.78 is 4.93. The number of aromatic nitrogens is 2. The van der Waals surface area contributed by atoms with Gasteiger partial charge in [0.15, 0.2) is 0 Å². The Morgan fingerprint density at radius 1 is 1.58 bits per heavy atom. The average Bonchev–Trinajstić information content (AvgIpc) is 2.06. The van der Waals surface area contributed by atoms with Crippen LogP contribution in [0.1, 0.15) is 17.3 Å². The summed E-state index contributed by atoms with van der Waals surface area (Å²) in [4.78, 5) is 17.7. The quantitative estimate of drug-likeness (QED) is 0.714. The molecule has 0 saturated carbocycles. The highest BCUT2D eigenvalue weighted by Gasteiger charge is 2.03. The second-order valence-electron chi connectivity index (χ2n) is 1.99. The number of carboxylic acids is 1. The van der Waals surface area contributed by atoms with Gasteiger partial charge < -0.3 is 9.84 Å². The number of rotatable bonds is 3. The van der Waals surface area contributed by atoms with Crippen LogP contribution < -0.4 is 4.74 Å². The first-order valence-electron chi connectivity index (χ1n) is 3.42. The summed E-state index contributed by atoms with van der Waals surface area (Å²) in [7, 11) is 0. The second kappa shape index (κ2) is 3.66. The van der Waals surface area contributed by atoms with E-state index in [1.807, 2.05) is 0 Å². The van der Waals surface area contributed by atoms with Crippen LogP contribution in [0, 0.1) is 0 Å². The van der Waals surface area contributed by atoms with Crippen molar-refractivity contribution in [2.45, 2.75) is 6.92 Å². The fourth-order valence-corrected chi connectivity index (χ4v) is 0.630. The standard InChI is InChI=1S/C7H8N2O3/c1-2-12-7-8-3-5(4-9-7)6(10)11/h3-4H,2H2,1H3,(H,10,11). The van der Waals surface area contributed by atoms with Gasteiger partial charge in [-0.25, -0.2) is 14.8 Å². The Kier molecular flexibility index (Phi) is 2.57. The zero-order valence-electron chi connectivity index (χ0n) is 6.52. The number of hydrogen-bond donors (Lipinski definition) is 1. The van der Waals surface area contributed by atoms with Crippen LogP contribution in [0.2, 0.25) is 0 Å². The molecule has 0 fully saturated rings. The van der Waals surface area contributed by atoms with Gasteiger partial charge in [0.1, 0.15) is 0 Å². The molecule has 1 aromatic rings. The van der Waals surface area contributed by atoms with Crippen LogP contribution in [0.5, 0.6) is 6.01 Å². The molecule has 0 aliphatic rings. The van der Waals surface area contributed by atoms with E-state index >= 15 is 0 Å². The average molecular weight is 168 g/mol. The van der Waals surface area contributed by atoms with Gasteiger partial charge in [0.05, 0.1) is 12.2 Å². The van der Waals surface area contributed by atoms with Crippen LogP contribution in [0.3, 0.4) is 0 Å². The predicted molar refractivity (Wildman–Crippen MR) is 40.2 cm³/mol. The molecule has 0 aromatic carbocycles. The molecule has 1 aromatic heterocycles. The Bertz CT molecular complexity index is 270. The lowest BCUT2D eigenvalue weighted by molar-refractivity contribution is 0.0696. The van der Waals surface area contributed by atoms with Crippen molar-refractivity contribution in [2.75, 3.05) is 6.61 Å². The number of nitrogens with zero attached hydrogens (tertiary/aromatic N) is 2. The van der Waals surface area contributed by atoms with Crippen LogP contribution in [-0.2, 0) is 0 Å². The summed E-state index contributed by atoms with van der Waals surface area (Å²) in [6, 6.07) is 0.197. The molecule has 64 valence electrons. The van der Waals surface area contributed by atoms with Crippen molar-refractivity contribution in [3.8, 4) is 6.01 Å². The number of carbonyl (C=O) groups is 1. The van der Waals surface area contributed by atoms with E-state index < -0.39 is 5.97 Å². The minimum Gasteiger partial charge on any atom is -0.478 e. The van der Waals surface area contributed by atoms with Gasteiger partial charge in [-0.3, -0.25) is 0 Å². The molecule has 5 nitrogen and oxygen atoms in total. The minimum absolute atomic E-state index is 0.0541. The van der Waals surface area contributed by atoms with E-state index in [0.29, 0.717) is 6.61 Å². The van der Waals surface area contributed by atoms with Gasteiger partial charge in [0, 0.05) is 12.4 Å². The van der Waals surface area contributed by atoms with Crippen LogP contribution in [0.25, 0.3) is 0 Å². The third-order valence-corrected chi connectivity index (χ3v) is 1.15. The molecule has 0 aliphatic carbocycles. The fraction of sp³-hybridized carbons (Fsp3) is 0.286. The van der Waals surface area contributed by atoms with E-state index in [2.05, 4.69) is 9.97 Å². The summed E-state index contributed by atoms with van der Waals surface area (Å²) in [5.41, 5.74) is 0.0541. The van der Waals surface area contributed by atoms with Gasteiger partial charge in [-0.2, -0.15) is 0 Å². The van der Waals surface area contributed by atoms with Gasteiger partial charge >= 0.3 is 12.0 Å². The summed E-state index contributed by atoms with van der Waals surface area (Å²) in [6.45, 7) is 2.26. The van der Waals surface area contributed by atoms with Crippen molar-refractivity contribution < 1.29 is 14.6 Å². The van der Waals surface area contributed by atoms with Crippen molar-refractivity contribution in [3.63, 3.8) is 0 Å². The molecule has 0 amide bonds. The highest BCUT2D eigenvalue weighted by Crippen LogP contribution is 2.01. The van der Waals surface area contributed by atoms with Crippen molar-refractivity contribution >= 4 is 5.97 Å². The van der Waals surface area contributed by atoms with E-state index in [1.54, 1.807) is 6.92 Å². The Hall–Kier alpha value is -1.65. The molecular formula is C7H8N2O3.